The summed E-state index contributed by atoms with van der Waals surface area (Å²) < 4.78 is 36.3. The largest absolute Gasteiger partial charge is 0.399 e. The fraction of sp³-hybridized carbons (Fsp3) is 0.333. The maximum absolute atomic E-state index is 12.1. The van der Waals surface area contributed by atoms with E-state index in [4.69, 9.17) is 5.73 Å². The first-order valence-electron chi connectivity index (χ1n) is 5.10. The molecule has 1 nitrogen and oxygen atoms in total. The van der Waals surface area contributed by atoms with Crippen LogP contribution in [0.5, 0.6) is 0 Å². The number of hydrogen-bond acceptors (Lipinski definition) is 1. The number of fused-ring (bicyclic) bond motifs is 1. The van der Waals surface area contributed by atoms with Gasteiger partial charge in [-0.2, -0.15) is 13.2 Å². The van der Waals surface area contributed by atoms with Crippen molar-refractivity contribution in [3.8, 4) is 0 Å². The van der Waals surface area contributed by atoms with Crippen molar-refractivity contribution in [2.45, 2.75) is 25.4 Å². The summed E-state index contributed by atoms with van der Waals surface area (Å²) in [5.74, 6) is 0. The lowest BCUT2D eigenvalue weighted by atomic mass is 10.1. The van der Waals surface area contributed by atoms with Crippen LogP contribution in [0, 0.1) is 0 Å². The minimum atomic E-state index is -4.12. The van der Waals surface area contributed by atoms with E-state index < -0.39 is 12.6 Å². The van der Waals surface area contributed by atoms with Crippen LogP contribution >= 0.6 is 0 Å². The van der Waals surface area contributed by atoms with Gasteiger partial charge in [0.1, 0.15) is 0 Å². The summed E-state index contributed by atoms with van der Waals surface area (Å²) in [4.78, 5) is 0. The highest BCUT2D eigenvalue weighted by Crippen LogP contribution is 2.34. The van der Waals surface area contributed by atoms with Crippen LogP contribution in [0.3, 0.4) is 0 Å². The van der Waals surface area contributed by atoms with E-state index in [1.165, 1.54) is 6.08 Å². The molecule has 0 saturated heterocycles. The van der Waals surface area contributed by atoms with Gasteiger partial charge in [-0.15, -0.1) is 0 Å². The number of hydrogen-bond donors (Lipinski definition) is 1. The third kappa shape index (κ3) is 2.38. The molecule has 0 radical (unpaired) electrons. The normalized spacial score (nSPS) is 17.8. The molecule has 1 aromatic rings. The first-order valence-corrected chi connectivity index (χ1v) is 5.10. The Kier molecular flexibility index (Phi) is 2.66. The molecule has 1 aliphatic rings. The van der Waals surface area contributed by atoms with Gasteiger partial charge in [0, 0.05) is 5.69 Å². The van der Waals surface area contributed by atoms with Crippen LogP contribution in [0.2, 0.25) is 0 Å². The van der Waals surface area contributed by atoms with Crippen molar-refractivity contribution in [2.75, 3.05) is 5.73 Å². The summed E-state index contributed by atoms with van der Waals surface area (Å²) >= 11 is 0. The average molecular weight is 227 g/mol. The lowest BCUT2D eigenvalue weighted by Crippen LogP contribution is -2.04. The Morgan fingerprint density at radius 1 is 1.25 bits per heavy atom. The highest BCUT2D eigenvalue weighted by molar-refractivity contribution is 5.74. The number of nitrogens with two attached hydrogens (primary N) is 1. The van der Waals surface area contributed by atoms with E-state index in [-0.39, 0.29) is 0 Å². The van der Waals surface area contributed by atoms with Gasteiger partial charge in [-0.05, 0) is 41.7 Å². The van der Waals surface area contributed by atoms with E-state index in [2.05, 4.69) is 0 Å². The van der Waals surface area contributed by atoms with E-state index in [0.717, 1.165) is 23.1 Å². The predicted octanol–water partition coefficient (Wildman–Crippen LogP) is 3.55. The average Bonchev–Trinajstić information content (AvgIpc) is 2.56. The van der Waals surface area contributed by atoms with Gasteiger partial charge in [0.15, 0.2) is 0 Å². The topological polar surface area (TPSA) is 26.0 Å². The molecule has 0 fully saturated rings. The molecule has 2 rings (SSSR count). The summed E-state index contributed by atoms with van der Waals surface area (Å²) in [5, 5.41) is 0. The Morgan fingerprint density at radius 3 is 2.69 bits per heavy atom. The SMILES string of the molecule is Nc1ccc2c(c1)CCC2=CCC(F)(F)F. The van der Waals surface area contributed by atoms with Crippen molar-refractivity contribution in [2.24, 2.45) is 0 Å². The first kappa shape index (κ1) is 11.0. The van der Waals surface area contributed by atoms with Crippen molar-refractivity contribution in [1.82, 2.24) is 0 Å². The minimum Gasteiger partial charge on any atom is -0.399 e. The standard InChI is InChI=1S/C12H12F3N/c13-12(14,15)6-5-8-1-2-9-7-10(16)3-4-11(8)9/h3-5,7H,1-2,6,16H2. The molecule has 4 heteroatoms. The summed E-state index contributed by atoms with van der Waals surface area (Å²) in [6.45, 7) is 0. The highest BCUT2D eigenvalue weighted by atomic mass is 19.4. The molecule has 0 atom stereocenters. The number of benzene rings is 1. The highest BCUT2D eigenvalue weighted by Gasteiger charge is 2.26. The second kappa shape index (κ2) is 3.85. The zero-order valence-corrected chi connectivity index (χ0v) is 8.64. The molecule has 1 aliphatic carbocycles. The maximum Gasteiger partial charge on any atom is 0.392 e. The summed E-state index contributed by atoms with van der Waals surface area (Å²) in [7, 11) is 0. The van der Waals surface area contributed by atoms with E-state index >= 15 is 0 Å². The van der Waals surface area contributed by atoms with E-state index in [1.807, 2.05) is 6.07 Å². The minimum absolute atomic E-state index is 0.663. The molecule has 16 heavy (non-hydrogen) atoms. The number of aryl methyl sites for hydroxylation is 1. The number of rotatable bonds is 1. The van der Waals surface area contributed by atoms with Crippen LogP contribution in [0.4, 0.5) is 18.9 Å². The molecule has 1 aromatic carbocycles. The molecule has 0 unspecified atom stereocenters. The summed E-state index contributed by atoms with van der Waals surface area (Å²) in [6, 6.07) is 5.37. The van der Waals surface area contributed by atoms with Crippen molar-refractivity contribution in [3.05, 3.63) is 35.4 Å². The van der Waals surface area contributed by atoms with Gasteiger partial charge in [-0.1, -0.05) is 12.1 Å². The van der Waals surface area contributed by atoms with Crippen LogP contribution in [0.1, 0.15) is 24.0 Å². The second-order valence-corrected chi connectivity index (χ2v) is 3.97. The third-order valence-corrected chi connectivity index (χ3v) is 2.72. The number of anilines is 1. The zero-order chi connectivity index (χ0) is 11.8. The zero-order valence-electron chi connectivity index (χ0n) is 8.64. The molecule has 0 bridgehead atoms. The molecule has 0 aromatic heterocycles. The Bertz CT molecular complexity index is 432. The van der Waals surface area contributed by atoms with Gasteiger partial charge in [0.05, 0.1) is 6.42 Å². The fourth-order valence-electron chi connectivity index (χ4n) is 1.99. The van der Waals surface area contributed by atoms with Gasteiger partial charge < -0.3 is 5.73 Å². The van der Waals surface area contributed by atoms with Crippen molar-refractivity contribution in [1.29, 1.82) is 0 Å². The summed E-state index contributed by atoms with van der Waals surface area (Å²) in [5.41, 5.74) is 9.03. The van der Waals surface area contributed by atoms with Crippen molar-refractivity contribution in [3.63, 3.8) is 0 Å². The first-order chi connectivity index (χ1) is 7.46. The van der Waals surface area contributed by atoms with E-state index in [0.29, 0.717) is 12.1 Å². The van der Waals surface area contributed by atoms with E-state index in [1.54, 1.807) is 12.1 Å². The Morgan fingerprint density at radius 2 is 2.00 bits per heavy atom. The van der Waals surface area contributed by atoms with Crippen molar-refractivity contribution >= 4 is 11.3 Å². The number of halogens is 3. The number of nitrogen functional groups attached to an aromatic ring is 1. The maximum atomic E-state index is 12.1. The van der Waals surface area contributed by atoms with Crippen molar-refractivity contribution < 1.29 is 13.2 Å². The van der Waals surface area contributed by atoms with Crippen LogP contribution in [-0.2, 0) is 6.42 Å². The monoisotopic (exact) mass is 227 g/mol. The molecular formula is C12H12F3N. The predicted molar refractivity (Wildman–Crippen MR) is 57.8 cm³/mol. The number of allylic oxidation sites excluding steroid dienone is 2. The van der Waals surface area contributed by atoms with Crippen LogP contribution in [0.25, 0.3) is 5.57 Å². The van der Waals surface area contributed by atoms with Crippen LogP contribution in [0.15, 0.2) is 24.3 Å². The molecule has 0 heterocycles. The second-order valence-electron chi connectivity index (χ2n) is 3.97. The quantitative estimate of drug-likeness (QED) is 0.729. The van der Waals surface area contributed by atoms with Gasteiger partial charge in [-0.3, -0.25) is 0 Å². The molecule has 2 N–H and O–H groups in total. The number of alkyl halides is 3. The molecule has 0 aliphatic heterocycles. The Balaban J connectivity index is 2.24. The molecule has 0 spiro atoms. The lowest BCUT2D eigenvalue weighted by Gasteiger charge is -2.04. The Hall–Kier alpha value is -1.45. The fourth-order valence-corrected chi connectivity index (χ4v) is 1.99. The molecule has 0 amide bonds. The smallest absolute Gasteiger partial charge is 0.392 e. The Labute approximate surface area is 91.8 Å². The van der Waals surface area contributed by atoms with Gasteiger partial charge in [-0.25, -0.2) is 0 Å². The van der Waals surface area contributed by atoms with Crippen LogP contribution < -0.4 is 5.73 Å². The van der Waals surface area contributed by atoms with E-state index in [9.17, 15) is 13.2 Å². The lowest BCUT2D eigenvalue weighted by molar-refractivity contribution is -0.124. The molecule has 86 valence electrons. The van der Waals surface area contributed by atoms with Gasteiger partial charge in [0.25, 0.3) is 0 Å². The van der Waals surface area contributed by atoms with Crippen LogP contribution in [-0.4, -0.2) is 6.18 Å². The summed E-state index contributed by atoms with van der Waals surface area (Å²) in [6.07, 6.45) is -2.24. The van der Waals surface area contributed by atoms with Gasteiger partial charge >= 0.3 is 6.18 Å². The molecule has 0 saturated carbocycles. The third-order valence-electron chi connectivity index (χ3n) is 2.72. The molecular weight excluding hydrogens is 215 g/mol. The van der Waals surface area contributed by atoms with Gasteiger partial charge in [0.2, 0.25) is 0 Å².